The molecule has 0 radical (unpaired) electrons. The van der Waals surface area contributed by atoms with E-state index >= 15 is 0 Å². The third-order valence-corrected chi connectivity index (χ3v) is 6.29. The lowest BCUT2D eigenvalue weighted by Gasteiger charge is -2.36. The maximum absolute atomic E-state index is 13.6. The van der Waals surface area contributed by atoms with Gasteiger partial charge in [-0.05, 0) is 75.3 Å². The number of likely N-dealkylation sites (tertiary alicyclic amines) is 1. The molecule has 1 saturated heterocycles. The maximum atomic E-state index is 13.6. The molecule has 0 saturated carbocycles. The molecule has 0 N–H and O–H groups in total. The second-order valence-electron chi connectivity index (χ2n) is 8.16. The summed E-state index contributed by atoms with van der Waals surface area (Å²) in [6.07, 6.45) is 1.91. The highest BCUT2D eigenvalue weighted by atomic mass is 35.5. The molecule has 0 bridgehead atoms. The van der Waals surface area contributed by atoms with Crippen LogP contribution >= 0.6 is 11.6 Å². The first-order chi connectivity index (χ1) is 14.4. The number of rotatable bonds is 4. The number of hydrogen-bond acceptors (Lipinski definition) is 4. The van der Waals surface area contributed by atoms with Gasteiger partial charge in [0.2, 0.25) is 0 Å². The summed E-state index contributed by atoms with van der Waals surface area (Å²) in [5.74, 6) is -0.556. The van der Waals surface area contributed by atoms with Crippen LogP contribution in [0.1, 0.15) is 24.0 Å². The molecular formula is C24H26ClN3O2. The van der Waals surface area contributed by atoms with E-state index in [1.165, 1.54) is 4.90 Å². The number of benzene rings is 2. The van der Waals surface area contributed by atoms with Gasteiger partial charge in [-0.1, -0.05) is 35.9 Å². The lowest BCUT2D eigenvalue weighted by atomic mass is 10.0. The summed E-state index contributed by atoms with van der Waals surface area (Å²) >= 11 is 6.07. The Labute approximate surface area is 182 Å². The van der Waals surface area contributed by atoms with Crippen LogP contribution in [-0.4, -0.2) is 54.8 Å². The van der Waals surface area contributed by atoms with E-state index in [0.717, 1.165) is 31.5 Å². The van der Waals surface area contributed by atoms with Gasteiger partial charge in [-0.2, -0.15) is 0 Å². The van der Waals surface area contributed by atoms with E-state index in [1.807, 2.05) is 49.2 Å². The summed E-state index contributed by atoms with van der Waals surface area (Å²) < 4.78 is 0. The van der Waals surface area contributed by atoms with Gasteiger partial charge < -0.3 is 9.80 Å². The van der Waals surface area contributed by atoms with Gasteiger partial charge in [0.25, 0.3) is 11.8 Å². The number of amides is 2. The van der Waals surface area contributed by atoms with Gasteiger partial charge in [-0.25, -0.2) is 4.90 Å². The quantitative estimate of drug-likeness (QED) is 0.698. The predicted octanol–water partition coefficient (Wildman–Crippen LogP) is 3.96. The second kappa shape index (κ2) is 8.25. The first kappa shape index (κ1) is 20.6. The molecule has 30 heavy (non-hydrogen) atoms. The molecule has 5 nitrogen and oxygen atoms in total. The summed E-state index contributed by atoms with van der Waals surface area (Å²) in [4.78, 5) is 32.8. The number of hydrogen-bond donors (Lipinski definition) is 0. The first-order valence-electron chi connectivity index (χ1n) is 10.2. The topological polar surface area (TPSA) is 43.9 Å². The van der Waals surface area contributed by atoms with Crippen molar-refractivity contribution in [3.05, 3.63) is 70.4 Å². The van der Waals surface area contributed by atoms with Crippen LogP contribution in [0.15, 0.2) is 54.2 Å². The second-order valence-corrected chi connectivity index (χ2v) is 8.60. The van der Waals surface area contributed by atoms with Crippen LogP contribution < -0.4 is 4.90 Å². The van der Waals surface area contributed by atoms with Crippen molar-refractivity contribution >= 4 is 34.7 Å². The van der Waals surface area contributed by atoms with E-state index in [9.17, 15) is 9.59 Å². The zero-order valence-corrected chi connectivity index (χ0v) is 18.3. The van der Waals surface area contributed by atoms with Crippen molar-refractivity contribution in [1.29, 1.82) is 0 Å². The van der Waals surface area contributed by atoms with Crippen molar-refractivity contribution in [3.8, 4) is 0 Å². The van der Waals surface area contributed by atoms with E-state index in [1.54, 1.807) is 18.2 Å². The molecule has 1 fully saturated rings. The third-order valence-electron chi connectivity index (χ3n) is 6.04. The van der Waals surface area contributed by atoms with E-state index in [-0.39, 0.29) is 17.9 Å². The summed E-state index contributed by atoms with van der Waals surface area (Å²) in [7, 11) is 4.05. The van der Waals surface area contributed by atoms with Crippen LogP contribution in [0, 0.1) is 6.92 Å². The smallest absolute Gasteiger partial charge is 0.282 e. The lowest BCUT2D eigenvalue weighted by Crippen LogP contribution is -2.43. The van der Waals surface area contributed by atoms with Crippen molar-refractivity contribution in [2.75, 3.05) is 32.1 Å². The highest BCUT2D eigenvalue weighted by molar-refractivity contribution is 6.45. The van der Waals surface area contributed by atoms with Crippen molar-refractivity contribution < 1.29 is 9.59 Å². The zero-order chi connectivity index (χ0) is 21.4. The summed E-state index contributed by atoms with van der Waals surface area (Å²) in [6, 6.07) is 14.8. The molecule has 0 aromatic heterocycles. The number of halogens is 1. The van der Waals surface area contributed by atoms with Gasteiger partial charge in [-0.15, -0.1) is 0 Å². The molecule has 2 amide bonds. The number of carbonyl (C=O) groups excluding carboxylic acids is 2. The molecule has 0 unspecified atom stereocenters. The molecule has 2 heterocycles. The number of likely N-dealkylation sites (N-methyl/N-ethyl adjacent to an activating group) is 1. The van der Waals surface area contributed by atoms with Crippen molar-refractivity contribution in [3.63, 3.8) is 0 Å². The van der Waals surface area contributed by atoms with Crippen LogP contribution in [-0.2, 0) is 9.59 Å². The minimum absolute atomic E-state index is 0.215. The van der Waals surface area contributed by atoms with Crippen molar-refractivity contribution in [2.45, 2.75) is 25.8 Å². The summed E-state index contributed by atoms with van der Waals surface area (Å²) in [5.41, 5.74) is 3.22. The summed E-state index contributed by atoms with van der Waals surface area (Å²) in [5, 5.41) is 0.594. The summed E-state index contributed by atoms with van der Waals surface area (Å²) in [6.45, 7) is 3.90. The highest BCUT2D eigenvalue weighted by Gasteiger charge is 2.43. The molecule has 2 aliphatic heterocycles. The molecule has 6 heteroatoms. The fourth-order valence-corrected chi connectivity index (χ4v) is 4.41. The van der Waals surface area contributed by atoms with Gasteiger partial charge in [0.15, 0.2) is 0 Å². The number of nitrogens with zero attached hydrogens (tertiary/aromatic N) is 3. The molecule has 4 rings (SSSR count). The van der Waals surface area contributed by atoms with E-state index in [4.69, 9.17) is 11.6 Å². The third kappa shape index (κ3) is 3.75. The fourth-order valence-electron chi connectivity index (χ4n) is 4.29. The van der Waals surface area contributed by atoms with Gasteiger partial charge in [0, 0.05) is 18.1 Å². The SMILES string of the molecule is Cc1cccc(N2C(=O)C(c3ccc(Cl)cc3)=C(N(C)C3CCN(C)CC3)C2=O)c1. The van der Waals surface area contributed by atoms with E-state index in [0.29, 0.717) is 27.5 Å². The average Bonchev–Trinajstić information content (AvgIpc) is 2.99. The Balaban J connectivity index is 1.79. The Kier molecular flexibility index (Phi) is 5.67. The number of imide groups is 1. The largest absolute Gasteiger partial charge is 0.366 e. The highest BCUT2D eigenvalue weighted by Crippen LogP contribution is 2.36. The molecule has 0 spiro atoms. The molecule has 2 aliphatic rings. The molecule has 0 aliphatic carbocycles. The van der Waals surface area contributed by atoms with Crippen LogP contribution in [0.25, 0.3) is 5.57 Å². The Morgan fingerprint density at radius 2 is 1.67 bits per heavy atom. The Bertz CT molecular complexity index is 1010. The molecule has 2 aromatic carbocycles. The van der Waals surface area contributed by atoms with Crippen LogP contribution in [0.5, 0.6) is 0 Å². The van der Waals surface area contributed by atoms with E-state index < -0.39 is 0 Å². The minimum Gasteiger partial charge on any atom is -0.366 e. The Morgan fingerprint density at radius 1 is 1.00 bits per heavy atom. The maximum Gasteiger partial charge on any atom is 0.282 e. The predicted molar refractivity (Wildman–Crippen MR) is 120 cm³/mol. The standard InChI is InChI=1S/C24H26ClN3O2/c1-16-5-4-6-20(15-16)28-23(29)21(17-7-9-18(25)10-8-17)22(24(28)30)27(3)19-11-13-26(2)14-12-19/h4-10,15,19H,11-14H2,1-3H3. The molecule has 0 atom stereocenters. The monoisotopic (exact) mass is 423 g/mol. The lowest BCUT2D eigenvalue weighted by molar-refractivity contribution is -0.120. The molecule has 2 aromatic rings. The van der Waals surface area contributed by atoms with Gasteiger partial charge in [0.1, 0.15) is 5.70 Å². The Hall–Kier alpha value is -2.63. The number of carbonyl (C=O) groups is 2. The minimum atomic E-state index is -0.289. The molecular weight excluding hydrogens is 398 g/mol. The van der Waals surface area contributed by atoms with E-state index in [2.05, 4.69) is 11.9 Å². The number of aryl methyl sites for hydroxylation is 1. The fraction of sp³-hybridized carbons (Fsp3) is 0.333. The molecule has 156 valence electrons. The first-order valence-corrected chi connectivity index (χ1v) is 10.6. The normalized spacial score (nSPS) is 18.5. The Morgan fingerprint density at radius 3 is 2.30 bits per heavy atom. The average molecular weight is 424 g/mol. The van der Waals surface area contributed by atoms with Crippen LogP contribution in [0.2, 0.25) is 5.02 Å². The van der Waals surface area contributed by atoms with Crippen molar-refractivity contribution in [2.24, 2.45) is 0 Å². The van der Waals surface area contributed by atoms with Crippen LogP contribution in [0.4, 0.5) is 5.69 Å². The number of piperidine rings is 1. The van der Waals surface area contributed by atoms with Gasteiger partial charge in [0.05, 0.1) is 11.3 Å². The van der Waals surface area contributed by atoms with Gasteiger partial charge in [-0.3, -0.25) is 9.59 Å². The number of anilines is 1. The van der Waals surface area contributed by atoms with Gasteiger partial charge >= 0.3 is 0 Å². The van der Waals surface area contributed by atoms with Crippen LogP contribution in [0.3, 0.4) is 0 Å². The zero-order valence-electron chi connectivity index (χ0n) is 17.6. The van der Waals surface area contributed by atoms with Crippen molar-refractivity contribution in [1.82, 2.24) is 9.80 Å².